The van der Waals surface area contributed by atoms with Gasteiger partial charge in [0.15, 0.2) is 0 Å². The van der Waals surface area contributed by atoms with Crippen molar-refractivity contribution >= 4 is 11.7 Å². The summed E-state index contributed by atoms with van der Waals surface area (Å²) >= 11 is 0. The summed E-state index contributed by atoms with van der Waals surface area (Å²) in [6.07, 6.45) is 3.63. The second-order valence-electron chi connectivity index (χ2n) is 5.16. The molecular weight excluding hydrogens is 254 g/mol. The maximum absolute atomic E-state index is 12.4. The second-order valence-corrected chi connectivity index (χ2v) is 5.16. The number of rotatable bonds is 4. The molecule has 20 heavy (non-hydrogen) atoms. The lowest BCUT2D eigenvalue weighted by atomic mass is 10.0. The van der Waals surface area contributed by atoms with Crippen molar-refractivity contribution in [1.82, 2.24) is 14.8 Å². The number of aromatic nitrogens is 1. The first-order chi connectivity index (χ1) is 9.65. The lowest BCUT2D eigenvalue weighted by molar-refractivity contribution is 0.0646. The molecule has 1 saturated heterocycles. The Bertz CT molecular complexity index is 439. The number of anilines is 1. The lowest BCUT2D eigenvalue weighted by Gasteiger charge is -2.36. The first-order valence-corrected chi connectivity index (χ1v) is 7.08. The van der Waals surface area contributed by atoms with Crippen LogP contribution in [0.15, 0.2) is 18.3 Å². The van der Waals surface area contributed by atoms with Crippen LogP contribution in [0, 0.1) is 0 Å². The summed E-state index contributed by atoms with van der Waals surface area (Å²) in [7, 11) is 1.88. The Labute approximate surface area is 119 Å². The summed E-state index contributed by atoms with van der Waals surface area (Å²) in [6.45, 7) is 5.38. The molecule has 3 N–H and O–H groups in total. The molecule has 6 heteroatoms. The number of carbonyl (C=O) groups is 1. The number of carbonyl (C=O) groups excluding carboxylic acids is 1. The average Bonchev–Trinajstić information content (AvgIpc) is 2.53. The first kappa shape index (κ1) is 14.7. The zero-order valence-electron chi connectivity index (χ0n) is 12.2. The van der Waals surface area contributed by atoms with Gasteiger partial charge in [0.25, 0.3) is 5.91 Å². The molecule has 0 radical (unpaired) electrons. The largest absolute Gasteiger partial charge is 0.339 e. The number of hydrazine groups is 1. The third-order valence-electron chi connectivity index (χ3n) is 4.03. The van der Waals surface area contributed by atoms with Crippen LogP contribution < -0.4 is 11.3 Å². The summed E-state index contributed by atoms with van der Waals surface area (Å²) < 4.78 is 0. The Kier molecular flexibility index (Phi) is 4.92. The topological polar surface area (TPSA) is 74.5 Å². The smallest absolute Gasteiger partial charge is 0.255 e. The number of piperidine rings is 1. The van der Waals surface area contributed by atoms with Crippen molar-refractivity contribution < 1.29 is 4.79 Å². The maximum atomic E-state index is 12.4. The van der Waals surface area contributed by atoms with Crippen LogP contribution in [-0.2, 0) is 0 Å². The molecule has 0 bridgehead atoms. The number of hydrogen-bond donors (Lipinski definition) is 2. The van der Waals surface area contributed by atoms with E-state index in [0.717, 1.165) is 32.5 Å². The number of nitrogens with one attached hydrogen (secondary N) is 1. The van der Waals surface area contributed by atoms with Crippen molar-refractivity contribution in [3.63, 3.8) is 0 Å². The zero-order chi connectivity index (χ0) is 14.5. The van der Waals surface area contributed by atoms with Crippen LogP contribution in [-0.4, -0.2) is 53.4 Å². The number of nitrogens with two attached hydrogens (primary N) is 1. The van der Waals surface area contributed by atoms with E-state index >= 15 is 0 Å². The number of amides is 1. The van der Waals surface area contributed by atoms with Crippen LogP contribution in [0.5, 0.6) is 0 Å². The zero-order valence-corrected chi connectivity index (χ0v) is 12.2. The number of nitrogen functional groups attached to an aromatic ring is 1. The monoisotopic (exact) mass is 277 g/mol. The molecule has 1 amide bonds. The molecule has 1 fully saturated rings. The molecule has 0 aromatic carbocycles. The molecule has 2 heterocycles. The Hall–Kier alpha value is -1.66. The highest BCUT2D eigenvalue weighted by Gasteiger charge is 2.25. The maximum Gasteiger partial charge on any atom is 0.255 e. The predicted molar refractivity (Wildman–Crippen MR) is 79.3 cm³/mol. The van der Waals surface area contributed by atoms with Gasteiger partial charge in [0.2, 0.25) is 0 Å². The van der Waals surface area contributed by atoms with E-state index in [4.69, 9.17) is 5.84 Å². The van der Waals surface area contributed by atoms with Crippen LogP contribution in [0.25, 0.3) is 0 Å². The van der Waals surface area contributed by atoms with Gasteiger partial charge in [-0.3, -0.25) is 4.79 Å². The molecule has 1 aliphatic rings. The number of likely N-dealkylation sites (tertiary alicyclic amines) is 1. The van der Waals surface area contributed by atoms with Gasteiger partial charge >= 0.3 is 0 Å². The quantitative estimate of drug-likeness (QED) is 0.632. The van der Waals surface area contributed by atoms with Crippen molar-refractivity contribution in [2.24, 2.45) is 5.84 Å². The van der Waals surface area contributed by atoms with Gasteiger partial charge in [0.05, 0.1) is 5.56 Å². The van der Waals surface area contributed by atoms with Crippen LogP contribution in [0.1, 0.15) is 30.1 Å². The molecule has 0 unspecified atom stereocenters. The van der Waals surface area contributed by atoms with Gasteiger partial charge in [-0.25, -0.2) is 10.8 Å². The van der Waals surface area contributed by atoms with Gasteiger partial charge in [0, 0.05) is 32.4 Å². The van der Waals surface area contributed by atoms with Gasteiger partial charge < -0.3 is 15.2 Å². The van der Waals surface area contributed by atoms with Crippen LogP contribution in [0.3, 0.4) is 0 Å². The van der Waals surface area contributed by atoms with Gasteiger partial charge in [-0.05, 0) is 31.5 Å². The summed E-state index contributed by atoms with van der Waals surface area (Å²) in [5.41, 5.74) is 3.06. The molecule has 1 aromatic heterocycles. The van der Waals surface area contributed by atoms with Gasteiger partial charge in [-0.15, -0.1) is 0 Å². The van der Waals surface area contributed by atoms with Gasteiger partial charge in [0.1, 0.15) is 5.82 Å². The van der Waals surface area contributed by atoms with E-state index in [1.165, 1.54) is 0 Å². The van der Waals surface area contributed by atoms with Crippen molar-refractivity contribution in [3.8, 4) is 0 Å². The highest BCUT2D eigenvalue weighted by Crippen LogP contribution is 2.17. The van der Waals surface area contributed by atoms with Crippen LogP contribution in [0.4, 0.5) is 5.82 Å². The fraction of sp³-hybridized carbons (Fsp3) is 0.571. The van der Waals surface area contributed by atoms with E-state index < -0.39 is 0 Å². The molecule has 0 atom stereocenters. The van der Waals surface area contributed by atoms with Gasteiger partial charge in [-0.1, -0.05) is 6.92 Å². The normalized spacial score (nSPS) is 16.9. The summed E-state index contributed by atoms with van der Waals surface area (Å²) in [6, 6.07) is 3.78. The highest BCUT2D eigenvalue weighted by atomic mass is 16.2. The minimum atomic E-state index is 0.0241. The SMILES string of the molecule is CCN1CCC(N(C)C(=O)c2ccc(NN)nc2)CC1. The third-order valence-corrected chi connectivity index (χ3v) is 4.03. The summed E-state index contributed by atoms with van der Waals surface area (Å²) in [5.74, 6) is 5.85. The third kappa shape index (κ3) is 3.26. The van der Waals surface area contributed by atoms with E-state index in [-0.39, 0.29) is 5.91 Å². The van der Waals surface area contributed by atoms with Crippen molar-refractivity contribution in [3.05, 3.63) is 23.9 Å². The van der Waals surface area contributed by atoms with E-state index in [2.05, 4.69) is 22.2 Å². The second kappa shape index (κ2) is 6.67. The Morgan fingerprint density at radius 1 is 1.50 bits per heavy atom. The molecule has 6 nitrogen and oxygen atoms in total. The molecule has 1 aromatic rings. The Morgan fingerprint density at radius 2 is 2.20 bits per heavy atom. The molecular formula is C14H23N5O. The number of nitrogens with zero attached hydrogens (tertiary/aromatic N) is 3. The van der Waals surface area contributed by atoms with Crippen LogP contribution >= 0.6 is 0 Å². The molecule has 110 valence electrons. The van der Waals surface area contributed by atoms with E-state index in [0.29, 0.717) is 17.4 Å². The molecule has 1 aliphatic heterocycles. The first-order valence-electron chi connectivity index (χ1n) is 7.08. The van der Waals surface area contributed by atoms with Crippen molar-refractivity contribution in [2.45, 2.75) is 25.8 Å². The standard InChI is InChI=1S/C14H23N5O/c1-3-19-8-6-12(7-9-19)18(2)14(20)11-4-5-13(17-15)16-10-11/h4-5,10,12H,3,6-9,15H2,1-2H3,(H,16,17). The Morgan fingerprint density at radius 3 is 2.70 bits per heavy atom. The fourth-order valence-corrected chi connectivity index (χ4v) is 2.60. The molecule has 0 saturated carbocycles. The fourth-order valence-electron chi connectivity index (χ4n) is 2.60. The van der Waals surface area contributed by atoms with E-state index in [1.807, 2.05) is 11.9 Å². The van der Waals surface area contributed by atoms with Crippen LogP contribution in [0.2, 0.25) is 0 Å². The van der Waals surface area contributed by atoms with Gasteiger partial charge in [-0.2, -0.15) is 0 Å². The highest BCUT2D eigenvalue weighted by molar-refractivity contribution is 5.94. The molecule has 0 aliphatic carbocycles. The molecule has 0 spiro atoms. The van der Waals surface area contributed by atoms with E-state index in [9.17, 15) is 4.79 Å². The van der Waals surface area contributed by atoms with Crippen molar-refractivity contribution in [2.75, 3.05) is 32.1 Å². The Balaban J connectivity index is 1.97. The minimum Gasteiger partial charge on any atom is -0.339 e. The van der Waals surface area contributed by atoms with E-state index in [1.54, 1.807) is 18.3 Å². The number of pyridine rings is 1. The van der Waals surface area contributed by atoms with Crippen molar-refractivity contribution in [1.29, 1.82) is 0 Å². The molecule has 2 rings (SSSR count). The summed E-state index contributed by atoms with van der Waals surface area (Å²) in [4.78, 5) is 20.8. The average molecular weight is 277 g/mol. The lowest BCUT2D eigenvalue weighted by Crippen LogP contribution is -2.45. The minimum absolute atomic E-state index is 0.0241. The predicted octanol–water partition coefficient (Wildman–Crippen LogP) is 0.924. The summed E-state index contributed by atoms with van der Waals surface area (Å²) in [5, 5.41) is 0. The number of hydrogen-bond acceptors (Lipinski definition) is 5.